The fraction of sp³-hybridized carbons (Fsp3) is 0.960. The lowest BCUT2D eigenvalue weighted by Gasteiger charge is -2.22. The van der Waals surface area contributed by atoms with Crippen molar-refractivity contribution in [2.75, 3.05) is 119 Å². The molecule has 1 amide bonds. The first kappa shape index (κ1) is 35.1. The molecule has 13 heteroatoms. The van der Waals surface area contributed by atoms with Crippen LogP contribution in [-0.2, 0) is 52.3 Å². The first-order valence-electron chi connectivity index (χ1n) is 13.6. The van der Waals surface area contributed by atoms with Crippen molar-refractivity contribution in [1.29, 1.82) is 0 Å². The number of hydrogen-bond donors (Lipinski definition) is 2. The lowest BCUT2D eigenvalue weighted by atomic mass is 9.96. The Kier molecular flexibility index (Phi) is 26.8. The van der Waals surface area contributed by atoms with Gasteiger partial charge in [0.15, 0.2) is 6.79 Å². The van der Waals surface area contributed by atoms with Crippen LogP contribution < -0.4 is 11.2 Å². The minimum atomic E-state index is -0.493. The van der Waals surface area contributed by atoms with Crippen molar-refractivity contribution in [3.63, 3.8) is 0 Å². The van der Waals surface area contributed by atoms with Gasteiger partial charge in [0.2, 0.25) is 5.91 Å². The maximum absolute atomic E-state index is 10.5. The number of primary amides is 1. The van der Waals surface area contributed by atoms with Gasteiger partial charge in [0.25, 0.3) is 0 Å². The van der Waals surface area contributed by atoms with Crippen LogP contribution in [0.3, 0.4) is 0 Å². The molecule has 0 bridgehead atoms. The van der Waals surface area contributed by atoms with Crippen LogP contribution in [0.4, 0.5) is 0 Å². The van der Waals surface area contributed by atoms with Crippen molar-refractivity contribution in [1.82, 2.24) is 5.48 Å². The van der Waals surface area contributed by atoms with Crippen LogP contribution in [0.15, 0.2) is 0 Å². The number of nitrogens with one attached hydrogen (secondary N) is 1. The highest BCUT2D eigenvalue weighted by Crippen LogP contribution is 2.17. The van der Waals surface area contributed by atoms with Gasteiger partial charge in [-0.25, -0.2) is 0 Å². The van der Waals surface area contributed by atoms with Gasteiger partial charge >= 0.3 is 0 Å². The van der Waals surface area contributed by atoms with E-state index in [9.17, 15) is 4.79 Å². The SMILES string of the molecule is NC(=O)COCCOCCOCCOCCOCCOCCOCCOCCOCONC1CCCCC1. The molecule has 0 aromatic carbocycles. The summed E-state index contributed by atoms with van der Waals surface area (Å²) < 4.78 is 48.2. The number of carbonyl (C=O) groups excluding carboxylic acids is 1. The van der Waals surface area contributed by atoms with Crippen LogP contribution in [0.25, 0.3) is 0 Å². The summed E-state index contributed by atoms with van der Waals surface area (Å²) in [6.07, 6.45) is 6.22. The topological polar surface area (TPSA) is 147 Å². The molecule has 1 fully saturated rings. The minimum Gasteiger partial charge on any atom is -0.377 e. The van der Waals surface area contributed by atoms with E-state index in [4.69, 9.17) is 53.2 Å². The van der Waals surface area contributed by atoms with E-state index in [1.54, 1.807) is 0 Å². The lowest BCUT2D eigenvalue weighted by molar-refractivity contribution is -0.123. The second-order valence-corrected chi connectivity index (χ2v) is 8.43. The summed E-state index contributed by atoms with van der Waals surface area (Å²) in [4.78, 5) is 15.8. The molecule has 0 atom stereocenters. The molecule has 1 aliphatic rings. The van der Waals surface area contributed by atoms with Gasteiger partial charge in [0.05, 0.1) is 106 Å². The van der Waals surface area contributed by atoms with E-state index in [1.165, 1.54) is 32.1 Å². The van der Waals surface area contributed by atoms with Crippen molar-refractivity contribution in [3.8, 4) is 0 Å². The third kappa shape index (κ3) is 26.6. The summed E-state index contributed by atoms with van der Waals surface area (Å²) in [6.45, 7) is 7.80. The molecule has 0 aromatic rings. The number of nitrogens with two attached hydrogens (primary N) is 1. The van der Waals surface area contributed by atoms with Gasteiger partial charge in [-0.1, -0.05) is 19.3 Å². The van der Waals surface area contributed by atoms with Crippen LogP contribution in [-0.4, -0.2) is 131 Å². The smallest absolute Gasteiger partial charge is 0.243 e. The average molecular weight is 555 g/mol. The van der Waals surface area contributed by atoms with Crippen LogP contribution in [0, 0.1) is 0 Å². The summed E-state index contributed by atoms with van der Waals surface area (Å²) in [6, 6.07) is 0.461. The molecule has 1 aliphatic carbocycles. The van der Waals surface area contributed by atoms with Gasteiger partial charge in [-0.05, 0) is 12.8 Å². The summed E-state index contributed by atoms with van der Waals surface area (Å²) in [7, 11) is 0. The lowest BCUT2D eigenvalue weighted by Crippen LogP contribution is -2.32. The zero-order chi connectivity index (χ0) is 27.2. The average Bonchev–Trinajstić information content (AvgIpc) is 2.92. The van der Waals surface area contributed by atoms with Crippen molar-refractivity contribution in [3.05, 3.63) is 0 Å². The monoisotopic (exact) mass is 554 g/mol. The van der Waals surface area contributed by atoms with E-state index in [0.29, 0.717) is 112 Å². The molecule has 13 nitrogen and oxygen atoms in total. The van der Waals surface area contributed by atoms with Gasteiger partial charge in [-0.15, -0.1) is 0 Å². The molecule has 0 radical (unpaired) electrons. The summed E-state index contributed by atoms with van der Waals surface area (Å²) in [5.74, 6) is -0.493. The molecule has 1 rings (SSSR count). The van der Waals surface area contributed by atoms with E-state index in [1.807, 2.05) is 0 Å². The first-order valence-corrected chi connectivity index (χ1v) is 13.6. The summed E-state index contributed by atoms with van der Waals surface area (Å²) >= 11 is 0. The second-order valence-electron chi connectivity index (χ2n) is 8.43. The van der Waals surface area contributed by atoms with E-state index in [0.717, 1.165) is 0 Å². The molecular weight excluding hydrogens is 504 g/mol. The highest BCUT2D eigenvalue weighted by molar-refractivity contribution is 5.74. The molecule has 0 aromatic heterocycles. The van der Waals surface area contributed by atoms with Crippen molar-refractivity contribution >= 4 is 5.91 Å². The summed E-state index contributed by atoms with van der Waals surface area (Å²) in [5.41, 5.74) is 8.01. The number of hydroxylamine groups is 1. The maximum Gasteiger partial charge on any atom is 0.243 e. The summed E-state index contributed by atoms with van der Waals surface area (Å²) in [5, 5.41) is 0. The van der Waals surface area contributed by atoms with Gasteiger partial charge in [-0.2, -0.15) is 5.48 Å². The van der Waals surface area contributed by atoms with Crippen LogP contribution in [0.1, 0.15) is 32.1 Å². The zero-order valence-electron chi connectivity index (χ0n) is 22.9. The Morgan fingerprint density at radius 1 is 0.526 bits per heavy atom. The Morgan fingerprint density at radius 2 is 0.868 bits per heavy atom. The van der Waals surface area contributed by atoms with Crippen LogP contribution >= 0.6 is 0 Å². The molecule has 38 heavy (non-hydrogen) atoms. The van der Waals surface area contributed by atoms with Crippen molar-refractivity contribution in [2.24, 2.45) is 5.73 Å². The molecule has 0 spiro atoms. The van der Waals surface area contributed by atoms with Crippen molar-refractivity contribution < 1.29 is 52.3 Å². The Balaban J connectivity index is 1.61. The highest BCUT2D eigenvalue weighted by atomic mass is 16.8. The fourth-order valence-corrected chi connectivity index (χ4v) is 3.30. The Hall–Kier alpha value is -0.970. The quantitative estimate of drug-likeness (QED) is 0.0721. The van der Waals surface area contributed by atoms with Gasteiger partial charge < -0.3 is 48.4 Å². The van der Waals surface area contributed by atoms with Crippen LogP contribution in [0.2, 0.25) is 0 Å². The molecule has 3 N–H and O–H groups in total. The van der Waals surface area contributed by atoms with E-state index in [-0.39, 0.29) is 13.4 Å². The largest absolute Gasteiger partial charge is 0.377 e. The number of carbonyl (C=O) groups is 1. The van der Waals surface area contributed by atoms with E-state index >= 15 is 0 Å². The number of ether oxygens (including phenoxy) is 9. The van der Waals surface area contributed by atoms with E-state index < -0.39 is 5.91 Å². The van der Waals surface area contributed by atoms with E-state index in [2.05, 4.69) is 5.48 Å². The standard InChI is InChI=1S/C25H50N2O11/c26-25(28)22-36-20-18-34-16-14-32-12-10-30-8-6-29-7-9-31-11-13-33-15-17-35-19-21-37-23-38-27-24-4-2-1-3-5-24/h24,27H,1-23H2,(H2,26,28). The van der Waals surface area contributed by atoms with Gasteiger partial charge in [-0.3, -0.25) is 9.63 Å². The Bertz CT molecular complexity index is 500. The highest BCUT2D eigenvalue weighted by Gasteiger charge is 2.12. The molecule has 226 valence electrons. The zero-order valence-corrected chi connectivity index (χ0v) is 22.9. The molecule has 0 unspecified atom stereocenters. The molecule has 0 saturated heterocycles. The third-order valence-electron chi connectivity index (χ3n) is 5.22. The molecule has 0 aliphatic heterocycles. The predicted octanol–water partition coefficient (Wildman–Crippen LogP) is 0.433. The molecule has 1 saturated carbocycles. The third-order valence-corrected chi connectivity index (χ3v) is 5.22. The maximum atomic E-state index is 10.5. The normalized spacial score (nSPS) is 14.3. The van der Waals surface area contributed by atoms with Crippen molar-refractivity contribution in [2.45, 2.75) is 38.1 Å². The second kappa shape index (κ2) is 29.0. The molecule has 0 heterocycles. The molecular formula is C25H50N2O11. The Labute approximate surface area is 227 Å². The van der Waals surface area contributed by atoms with Crippen LogP contribution in [0.5, 0.6) is 0 Å². The number of amides is 1. The van der Waals surface area contributed by atoms with Gasteiger partial charge in [0.1, 0.15) is 6.61 Å². The number of rotatable bonds is 30. The Morgan fingerprint density at radius 3 is 1.24 bits per heavy atom. The number of hydrogen-bond acceptors (Lipinski definition) is 12. The fourth-order valence-electron chi connectivity index (χ4n) is 3.30. The first-order chi connectivity index (χ1) is 18.8. The van der Waals surface area contributed by atoms with Gasteiger partial charge in [0, 0.05) is 6.04 Å². The minimum absolute atomic E-state index is 0.0908. The predicted molar refractivity (Wildman–Crippen MR) is 138 cm³/mol.